The van der Waals surface area contributed by atoms with Crippen molar-refractivity contribution in [2.24, 2.45) is 0 Å². The van der Waals surface area contributed by atoms with Crippen LogP contribution >= 0.6 is 0 Å². The van der Waals surface area contributed by atoms with Gasteiger partial charge < -0.3 is 14.9 Å². The van der Waals surface area contributed by atoms with Gasteiger partial charge in [-0.15, -0.1) is 0 Å². The van der Waals surface area contributed by atoms with Gasteiger partial charge in [0.25, 0.3) is 0 Å². The molecule has 0 aliphatic carbocycles. The van der Waals surface area contributed by atoms with Gasteiger partial charge in [0.15, 0.2) is 0 Å². The molecule has 0 bridgehead atoms. The zero-order chi connectivity index (χ0) is 14.7. The zero-order valence-corrected chi connectivity index (χ0v) is 11.9. The molecule has 0 aromatic rings. The lowest BCUT2D eigenvalue weighted by atomic mass is 10.1. The molecule has 5 heteroatoms. The average Bonchev–Trinajstić information content (AvgIpc) is 2.35. The number of aliphatic carboxylic acids is 1. The maximum atomic E-state index is 11.6. The molecule has 0 saturated heterocycles. The van der Waals surface area contributed by atoms with Crippen molar-refractivity contribution in [3.05, 3.63) is 0 Å². The van der Waals surface area contributed by atoms with Crippen molar-refractivity contribution in [1.29, 1.82) is 0 Å². The lowest BCUT2D eigenvalue weighted by molar-refractivity contribution is -0.151. The summed E-state index contributed by atoms with van der Waals surface area (Å²) in [5.41, 5.74) is 0. The fraction of sp³-hybridized carbons (Fsp3) is 0.857. The number of hydrogen-bond acceptors (Lipinski definition) is 4. The maximum Gasteiger partial charge on any atom is 0.306 e. The van der Waals surface area contributed by atoms with Gasteiger partial charge in [0, 0.05) is 12.8 Å². The number of aliphatic hydroxyl groups is 1. The second kappa shape index (κ2) is 10.8. The highest BCUT2D eigenvalue weighted by atomic mass is 16.5. The van der Waals surface area contributed by atoms with Crippen LogP contribution in [0.4, 0.5) is 0 Å². The van der Waals surface area contributed by atoms with E-state index in [1.165, 1.54) is 0 Å². The largest absolute Gasteiger partial charge is 0.481 e. The molecule has 0 saturated carbocycles. The Morgan fingerprint density at radius 2 is 1.79 bits per heavy atom. The Balaban J connectivity index is 3.91. The molecule has 0 heterocycles. The number of esters is 1. The summed E-state index contributed by atoms with van der Waals surface area (Å²) in [6, 6.07) is 0. The third-order valence-corrected chi connectivity index (χ3v) is 2.98. The molecule has 2 N–H and O–H groups in total. The lowest BCUT2D eigenvalue weighted by Crippen LogP contribution is -2.19. The summed E-state index contributed by atoms with van der Waals surface area (Å²) >= 11 is 0. The summed E-state index contributed by atoms with van der Waals surface area (Å²) in [4.78, 5) is 22.1. The van der Waals surface area contributed by atoms with Crippen LogP contribution in [-0.2, 0) is 14.3 Å². The van der Waals surface area contributed by atoms with Gasteiger partial charge in [-0.2, -0.15) is 0 Å². The van der Waals surface area contributed by atoms with Gasteiger partial charge in [0.1, 0.15) is 6.10 Å². The van der Waals surface area contributed by atoms with Crippen molar-refractivity contribution >= 4 is 11.9 Å². The van der Waals surface area contributed by atoms with Gasteiger partial charge in [0.05, 0.1) is 6.10 Å². The van der Waals surface area contributed by atoms with Gasteiger partial charge in [0.2, 0.25) is 0 Å². The quantitative estimate of drug-likeness (QED) is 0.565. The number of ether oxygens (including phenoxy) is 1. The molecule has 0 aliphatic heterocycles. The number of hydrogen-bond donors (Lipinski definition) is 2. The minimum Gasteiger partial charge on any atom is -0.481 e. The van der Waals surface area contributed by atoms with E-state index in [9.17, 15) is 14.7 Å². The Bertz CT molecular complexity index is 265. The fourth-order valence-electron chi connectivity index (χ4n) is 1.80. The Hall–Kier alpha value is -1.10. The fourth-order valence-corrected chi connectivity index (χ4v) is 1.80. The predicted molar refractivity (Wildman–Crippen MR) is 71.8 cm³/mol. The number of carbonyl (C=O) groups is 2. The molecule has 0 aromatic carbocycles. The van der Waals surface area contributed by atoms with Gasteiger partial charge in [-0.05, 0) is 32.1 Å². The van der Waals surface area contributed by atoms with Crippen LogP contribution in [0.2, 0.25) is 0 Å². The van der Waals surface area contributed by atoms with E-state index in [0.717, 1.165) is 6.42 Å². The van der Waals surface area contributed by atoms with Gasteiger partial charge in [-0.3, -0.25) is 9.59 Å². The molecule has 2 atom stereocenters. The van der Waals surface area contributed by atoms with Crippen LogP contribution in [-0.4, -0.2) is 34.4 Å². The molecule has 0 spiro atoms. The molecular weight excluding hydrogens is 248 g/mol. The van der Waals surface area contributed by atoms with E-state index >= 15 is 0 Å². The first-order valence-corrected chi connectivity index (χ1v) is 7.08. The molecule has 112 valence electrons. The number of carboxylic acids is 1. The second-order valence-corrected chi connectivity index (χ2v) is 4.79. The smallest absolute Gasteiger partial charge is 0.306 e. The van der Waals surface area contributed by atoms with Crippen LogP contribution in [0.5, 0.6) is 0 Å². The van der Waals surface area contributed by atoms with Crippen LogP contribution in [0.15, 0.2) is 0 Å². The predicted octanol–water partition coefficient (Wildman–Crippen LogP) is 2.50. The highest BCUT2D eigenvalue weighted by Gasteiger charge is 2.15. The minimum atomic E-state index is -0.872. The first-order chi connectivity index (χ1) is 8.99. The molecule has 19 heavy (non-hydrogen) atoms. The lowest BCUT2D eigenvalue weighted by Gasteiger charge is -2.16. The molecule has 0 aromatic heterocycles. The first kappa shape index (κ1) is 17.9. The van der Waals surface area contributed by atoms with E-state index in [4.69, 9.17) is 9.84 Å². The van der Waals surface area contributed by atoms with Crippen LogP contribution in [0.3, 0.4) is 0 Å². The maximum absolute atomic E-state index is 11.6. The van der Waals surface area contributed by atoms with Crippen molar-refractivity contribution in [1.82, 2.24) is 0 Å². The molecule has 0 amide bonds. The Morgan fingerprint density at radius 1 is 1.11 bits per heavy atom. The van der Waals surface area contributed by atoms with Crippen LogP contribution in [0.1, 0.15) is 65.2 Å². The normalized spacial score (nSPS) is 13.8. The number of aliphatic hydroxyl groups excluding tert-OH is 1. The molecule has 0 fully saturated rings. The van der Waals surface area contributed by atoms with Gasteiger partial charge in [-0.1, -0.05) is 20.3 Å². The molecule has 0 aliphatic rings. The number of carbonyl (C=O) groups excluding carboxylic acids is 1. The zero-order valence-electron chi connectivity index (χ0n) is 11.9. The van der Waals surface area contributed by atoms with Crippen molar-refractivity contribution in [2.75, 3.05) is 0 Å². The van der Waals surface area contributed by atoms with Crippen LogP contribution < -0.4 is 0 Å². The summed E-state index contributed by atoms with van der Waals surface area (Å²) < 4.78 is 5.27. The Morgan fingerprint density at radius 3 is 2.32 bits per heavy atom. The second-order valence-electron chi connectivity index (χ2n) is 4.79. The molecule has 0 radical (unpaired) electrons. The summed E-state index contributed by atoms with van der Waals surface area (Å²) in [6.07, 6.45) is 3.44. The van der Waals surface area contributed by atoms with Crippen molar-refractivity contribution in [2.45, 2.75) is 77.4 Å². The van der Waals surface area contributed by atoms with Crippen LogP contribution in [0.25, 0.3) is 0 Å². The highest BCUT2D eigenvalue weighted by Crippen LogP contribution is 2.12. The number of rotatable bonds is 11. The van der Waals surface area contributed by atoms with Crippen molar-refractivity contribution in [3.8, 4) is 0 Å². The molecule has 2 unspecified atom stereocenters. The van der Waals surface area contributed by atoms with Gasteiger partial charge >= 0.3 is 11.9 Å². The Labute approximate surface area is 115 Å². The molecular formula is C14H26O5. The summed E-state index contributed by atoms with van der Waals surface area (Å²) in [5, 5.41) is 18.0. The minimum absolute atomic E-state index is 0.0203. The SMILES string of the molecule is CCCC(CCC(=O)O)OC(=O)CCCC(O)CC. The topological polar surface area (TPSA) is 83.8 Å². The first-order valence-electron chi connectivity index (χ1n) is 7.08. The van der Waals surface area contributed by atoms with E-state index in [1.807, 2.05) is 13.8 Å². The van der Waals surface area contributed by atoms with E-state index in [1.54, 1.807) is 0 Å². The van der Waals surface area contributed by atoms with Gasteiger partial charge in [-0.25, -0.2) is 0 Å². The summed E-state index contributed by atoms with van der Waals surface area (Å²) in [7, 11) is 0. The monoisotopic (exact) mass is 274 g/mol. The summed E-state index contributed by atoms with van der Waals surface area (Å²) in [6.45, 7) is 3.87. The van der Waals surface area contributed by atoms with E-state index in [0.29, 0.717) is 32.1 Å². The van der Waals surface area contributed by atoms with E-state index in [-0.39, 0.29) is 31.0 Å². The third-order valence-electron chi connectivity index (χ3n) is 2.98. The standard InChI is InChI=1S/C14H26O5/c1-3-6-12(9-10-13(16)17)19-14(18)8-5-7-11(15)4-2/h11-12,15H,3-10H2,1-2H3,(H,16,17). The number of carboxylic acid groups (broad SMARTS) is 1. The van der Waals surface area contributed by atoms with E-state index < -0.39 is 5.97 Å². The van der Waals surface area contributed by atoms with E-state index in [2.05, 4.69) is 0 Å². The summed E-state index contributed by atoms with van der Waals surface area (Å²) in [5.74, 6) is -1.17. The molecule has 0 rings (SSSR count). The average molecular weight is 274 g/mol. The highest BCUT2D eigenvalue weighted by molar-refractivity contribution is 5.69. The third kappa shape index (κ3) is 10.5. The van der Waals surface area contributed by atoms with Crippen molar-refractivity contribution in [3.63, 3.8) is 0 Å². The Kier molecular flexibility index (Phi) is 10.2. The molecule has 5 nitrogen and oxygen atoms in total. The van der Waals surface area contributed by atoms with Crippen LogP contribution in [0, 0.1) is 0 Å². The van der Waals surface area contributed by atoms with Crippen molar-refractivity contribution < 1.29 is 24.5 Å².